The van der Waals surface area contributed by atoms with E-state index in [2.05, 4.69) is 53.9 Å². The van der Waals surface area contributed by atoms with E-state index in [0.29, 0.717) is 22.5 Å². The minimum absolute atomic E-state index is 0.556. The highest BCUT2D eigenvalue weighted by atomic mass is 35.5. The Labute approximate surface area is 221 Å². The van der Waals surface area contributed by atoms with Gasteiger partial charge < -0.3 is 5.32 Å². The zero-order valence-corrected chi connectivity index (χ0v) is 20.9. The van der Waals surface area contributed by atoms with Crippen LogP contribution in [0.25, 0.3) is 34.7 Å². The Kier molecular flexibility index (Phi) is 7.41. The van der Waals surface area contributed by atoms with Gasteiger partial charge in [0.25, 0.3) is 0 Å². The van der Waals surface area contributed by atoms with Crippen LogP contribution >= 0.6 is 23.2 Å². The monoisotopic (exact) mass is 507 g/mol. The van der Waals surface area contributed by atoms with Crippen LogP contribution in [0.3, 0.4) is 0 Å². The second-order valence-electron chi connectivity index (χ2n) is 8.31. The van der Waals surface area contributed by atoms with Gasteiger partial charge in [-0.2, -0.15) is 0 Å². The fourth-order valence-electron chi connectivity index (χ4n) is 3.75. The summed E-state index contributed by atoms with van der Waals surface area (Å²) in [4.78, 5) is 9.54. The smallest absolute Gasteiger partial charge is 0.224 e. The van der Waals surface area contributed by atoms with Gasteiger partial charge in [-0.3, -0.25) is 0 Å². The highest BCUT2D eigenvalue weighted by molar-refractivity contribution is 6.30. The molecule has 0 unspecified atom stereocenters. The molecule has 4 aromatic carbocycles. The number of halogens is 2. The summed E-state index contributed by atoms with van der Waals surface area (Å²) in [5, 5.41) is 4.76. The molecule has 0 bridgehead atoms. The summed E-state index contributed by atoms with van der Waals surface area (Å²) in [6.07, 6.45) is 4.23. The third-order valence-corrected chi connectivity index (χ3v) is 6.21. The van der Waals surface area contributed by atoms with E-state index in [1.165, 1.54) is 5.56 Å². The van der Waals surface area contributed by atoms with Crippen molar-refractivity contribution in [3.63, 3.8) is 0 Å². The molecule has 0 saturated carbocycles. The van der Waals surface area contributed by atoms with Crippen molar-refractivity contribution in [1.29, 1.82) is 0 Å². The minimum Gasteiger partial charge on any atom is -0.350 e. The van der Waals surface area contributed by atoms with Crippen LogP contribution in [0.5, 0.6) is 0 Å². The van der Waals surface area contributed by atoms with Gasteiger partial charge in [0.15, 0.2) is 0 Å². The van der Waals surface area contributed by atoms with Crippen LogP contribution in [0.2, 0.25) is 10.0 Å². The maximum Gasteiger partial charge on any atom is 0.224 e. The lowest BCUT2D eigenvalue weighted by Gasteiger charge is -2.11. The molecule has 0 aliphatic rings. The third-order valence-electron chi connectivity index (χ3n) is 5.70. The van der Waals surface area contributed by atoms with Crippen molar-refractivity contribution in [3.8, 4) is 22.5 Å². The van der Waals surface area contributed by atoms with Gasteiger partial charge in [-0.05, 0) is 47.0 Å². The fourth-order valence-corrected chi connectivity index (χ4v) is 4.00. The van der Waals surface area contributed by atoms with Gasteiger partial charge in [-0.25, -0.2) is 9.97 Å². The first kappa shape index (κ1) is 23.8. The molecule has 1 aromatic heterocycles. The van der Waals surface area contributed by atoms with Crippen molar-refractivity contribution in [1.82, 2.24) is 9.97 Å². The number of nitrogens with zero attached hydrogens (tertiary/aromatic N) is 2. The average molecular weight is 508 g/mol. The van der Waals surface area contributed by atoms with Crippen molar-refractivity contribution in [2.24, 2.45) is 0 Å². The highest BCUT2D eigenvalue weighted by Gasteiger charge is 2.09. The molecule has 0 aliphatic carbocycles. The summed E-state index contributed by atoms with van der Waals surface area (Å²) in [6, 6.07) is 36.0. The Bertz CT molecular complexity index is 1400. The van der Waals surface area contributed by atoms with E-state index in [4.69, 9.17) is 33.2 Å². The topological polar surface area (TPSA) is 37.8 Å². The van der Waals surface area contributed by atoms with E-state index in [0.717, 1.165) is 33.6 Å². The number of aromatic nitrogens is 2. The Morgan fingerprint density at radius 3 is 1.61 bits per heavy atom. The number of hydrogen-bond donors (Lipinski definition) is 1. The minimum atomic E-state index is 0.556. The number of nitrogens with one attached hydrogen (secondary N) is 1. The molecule has 1 heterocycles. The lowest BCUT2D eigenvalue weighted by atomic mass is 10.1. The van der Waals surface area contributed by atoms with Crippen molar-refractivity contribution in [3.05, 3.63) is 136 Å². The number of hydrogen-bond acceptors (Lipinski definition) is 3. The van der Waals surface area contributed by atoms with Crippen LogP contribution in [0.15, 0.2) is 109 Å². The number of anilines is 1. The Morgan fingerprint density at radius 2 is 1.08 bits per heavy atom. The standard InChI is InChI=1S/C31H23Cl2N3/c32-27-16-12-25(13-17-27)29-20-30(26-14-18-28(33)19-15-26)36-31(35-29)34-21-24-10-8-23(9-11-24)7-6-22-4-2-1-3-5-22/h1-20H,21H2,(H,34,35,36)/b7-6+. The van der Waals surface area contributed by atoms with E-state index in [-0.39, 0.29) is 0 Å². The van der Waals surface area contributed by atoms with Gasteiger partial charge in [0, 0.05) is 27.7 Å². The second kappa shape index (κ2) is 11.2. The number of rotatable bonds is 7. The SMILES string of the molecule is Clc1ccc(-c2cc(-c3ccc(Cl)cc3)nc(NCc3ccc(/C=C/c4ccccc4)cc3)n2)cc1. The summed E-state index contributed by atoms with van der Waals surface area (Å²) in [5.41, 5.74) is 7.03. The molecule has 5 heteroatoms. The molecule has 1 N–H and O–H groups in total. The van der Waals surface area contributed by atoms with Crippen LogP contribution in [0.1, 0.15) is 16.7 Å². The van der Waals surface area contributed by atoms with E-state index >= 15 is 0 Å². The summed E-state index contributed by atoms with van der Waals surface area (Å²) in [7, 11) is 0. The molecule has 36 heavy (non-hydrogen) atoms. The predicted octanol–water partition coefficient (Wildman–Crippen LogP) is 8.90. The first-order valence-electron chi connectivity index (χ1n) is 11.6. The molecular formula is C31H23Cl2N3. The van der Waals surface area contributed by atoms with Crippen LogP contribution in [-0.4, -0.2) is 9.97 Å². The molecule has 0 fully saturated rings. The predicted molar refractivity (Wildman–Crippen MR) is 152 cm³/mol. The molecule has 0 saturated heterocycles. The molecular weight excluding hydrogens is 485 g/mol. The molecule has 0 aliphatic heterocycles. The lowest BCUT2D eigenvalue weighted by Crippen LogP contribution is -2.05. The normalized spacial score (nSPS) is 11.1. The van der Waals surface area contributed by atoms with Crippen LogP contribution in [-0.2, 0) is 6.54 Å². The second-order valence-corrected chi connectivity index (χ2v) is 9.19. The van der Waals surface area contributed by atoms with Gasteiger partial charge in [0.2, 0.25) is 5.95 Å². The summed E-state index contributed by atoms with van der Waals surface area (Å²) in [5.74, 6) is 0.556. The van der Waals surface area contributed by atoms with E-state index in [1.54, 1.807) is 0 Å². The van der Waals surface area contributed by atoms with Gasteiger partial charge in [-0.15, -0.1) is 0 Å². The van der Waals surface area contributed by atoms with Crippen molar-refractivity contribution >= 4 is 41.3 Å². The average Bonchev–Trinajstić information content (AvgIpc) is 2.92. The molecule has 5 aromatic rings. The van der Waals surface area contributed by atoms with Gasteiger partial charge >= 0.3 is 0 Å². The van der Waals surface area contributed by atoms with Crippen molar-refractivity contribution in [2.75, 3.05) is 5.32 Å². The third kappa shape index (κ3) is 6.19. The Balaban J connectivity index is 1.36. The summed E-state index contributed by atoms with van der Waals surface area (Å²) in [6.45, 7) is 0.604. The van der Waals surface area contributed by atoms with Crippen LogP contribution < -0.4 is 5.32 Å². The zero-order valence-electron chi connectivity index (χ0n) is 19.4. The Morgan fingerprint density at radius 1 is 0.583 bits per heavy atom. The fraction of sp³-hybridized carbons (Fsp3) is 0.0323. The van der Waals surface area contributed by atoms with E-state index in [1.807, 2.05) is 72.8 Å². The van der Waals surface area contributed by atoms with Crippen LogP contribution in [0.4, 0.5) is 5.95 Å². The molecule has 0 spiro atoms. The van der Waals surface area contributed by atoms with Gasteiger partial charge in [0.1, 0.15) is 0 Å². The quantitative estimate of drug-likeness (QED) is 0.223. The molecule has 0 amide bonds. The summed E-state index contributed by atoms with van der Waals surface area (Å²) < 4.78 is 0. The largest absolute Gasteiger partial charge is 0.350 e. The van der Waals surface area contributed by atoms with Crippen molar-refractivity contribution < 1.29 is 0 Å². The lowest BCUT2D eigenvalue weighted by molar-refractivity contribution is 1.06. The first-order chi connectivity index (χ1) is 17.6. The Hall–Kier alpha value is -3.92. The van der Waals surface area contributed by atoms with Gasteiger partial charge in [-0.1, -0.05) is 114 Å². The summed E-state index contributed by atoms with van der Waals surface area (Å²) >= 11 is 12.2. The highest BCUT2D eigenvalue weighted by Crippen LogP contribution is 2.27. The zero-order chi connectivity index (χ0) is 24.7. The van der Waals surface area contributed by atoms with Crippen LogP contribution in [0, 0.1) is 0 Å². The molecule has 176 valence electrons. The van der Waals surface area contributed by atoms with E-state index < -0.39 is 0 Å². The molecule has 0 atom stereocenters. The number of benzene rings is 4. The molecule has 0 radical (unpaired) electrons. The molecule has 5 rings (SSSR count). The maximum atomic E-state index is 6.09. The first-order valence-corrected chi connectivity index (χ1v) is 12.3. The molecule has 3 nitrogen and oxygen atoms in total. The van der Waals surface area contributed by atoms with Gasteiger partial charge in [0.05, 0.1) is 11.4 Å². The maximum absolute atomic E-state index is 6.09. The van der Waals surface area contributed by atoms with Crippen molar-refractivity contribution in [2.45, 2.75) is 6.54 Å². The van der Waals surface area contributed by atoms with E-state index in [9.17, 15) is 0 Å².